The number of benzene rings is 5. The topological polar surface area (TPSA) is 179 Å². The van der Waals surface area contributed by atoms with E-state index in [4.69, 9.17) is 19.9 Å². The Morgan fingerprint density at radius 3 is 2.27 bits per heavy atom. The lowest BCUT2D eigenvalue weighted by molar-refractivity contribution is -0.178. The van der Waals surface area contributed by atoms with Gasteiger partial charge in [0, 0.05) is 12.7 Å². The van der Waals surface area contributed by atoms with Gasteiger partial charge in [0.15, 0.2) is 0 Å². The number of aromatic nitrogens is 3. The number of carbonyl (C=O) groups is 4. The zero-order valence-electron chi connectivity index (χ0n) is 32.3. The van der Waals surface area contributed by atoms with E-state index in [0.29, 0.717) is 22.2 Å². The highest BCUT2D eigenvalue weighted by molar-refractivity contribution is 6.23. The number of primary amides is 1. The van der Waals surface area contributed by atoms with Crippen LogP contribution in [-0.2, 0) is 40.6 Å². The van der Waals surface area contributed by atoms with Crippen LogP contribution in [0.25, 0.3) is 11.0 Å². The number of phenols is 1. The van der Waals surface area contributed by atoms with E-state index in [9.17, 15) is 19.5 Å². The van der Waals surface area contributed by atoms with E-state index in [1.807, 2.05) is 89.8 Å². The van der Waals surface area contributed by atoms with Crippen molar-refractivity contribution in [1.82, 2.24) is 19.9 Å². The highest BCUT2D eigenvalue weighted by Gasteiger charge is 2.75. The van der Waals surface area contributed by atoms with Crippen LogP contribution in [0.5, 0.6) is 5.75 Å². The number of nitrogens with zero attached hydrogens (tertiary/aromatic N) is 5. The predicted octanol–water partition coefficient (Wildman–Crippen LogP) is 5.12. The van der Waals surface area contributed by atoms with E-state index in [1.54, 1.807) is 35.0 Å². The lowest BCUT2D eigenvalue weighted by atomic mass is 9.65. The molecule has 14 heteroatoms. The monoisotopic (exact) mass is 802 g/mol. The Kier molecular flexibility index (Phi) is 9.83. The van der Waals surface area contributed by atoms with E-state index >= 15 is 4.79 Å². The number of anilines is 1. The first-order valence-corrected chi connectivity index (χ1v) is 19.3. The second-order valence-corrected chi connectivity index (χ2v) is 14.8. The summed E-state index contributed by atoms with van der Waals surface area (Å²) in [6.07, 6.45) is -1.91. The number of amides is 3. The van der Waals surface area contributed by atoms with Gasteiger partial charge >= 0.3 is 12.1 Å². The Morgan fingerprint density at radius 1 is 0.850 bits per heavy atom. The molecule has 2 saturated heterocycles. The number of para-hydroxylation sites is 1. The van der Waals surface area contributed by atoms with Crippen molar-refractivity contribution in [2.75, 3.05) is 25.2 Å². The SMILES string of the molecule is COCCOC(=O)N1C(=O)C2(c3cc(C#CCn4nnc5ccccc54)ccc31)C(C(N)=O)C1C(=O)OC(c3ccccc3)C(c3ccccc3)N1C2c1ccc(O)cc1. The highest BCUT2D eigenvalue weighted by Crippen LogP contribution is 2.65. The van der Waals surface area contributed by atoms with Gasteiger partial charge in [0.1, 0.15) is 42.0 Å². The number of esters is 1. The van der Waals surface area contributed by atoms with Gasteiger partial charge in [-0.2, -0.15) is 0 Å². The molecule has 5 aromatic carbocycles. The number of hydrogen-bond donors (Lipinski definition) is 2. The summed E-state index contributed by atoms with van der Waals surface area (Å²) < 4.78 is 18.7. The van der Waals surface area contributed by atoms with Crippen LogP contribution in [0.1, 0.15) is 46.0 Å². The van der Waals surface area contributed by atoms with Crippen molar-refractivity contribution in [3.05, 3.63) is 155 Å². The van der Waals surface area contributed by atoms with Gasteiger partial charge in [-0.1, -0.05) is 102 Å². The number of nitrogens with two attached hydrogens (primary N) is 1. The summed E-state index contributed by atoms with van der Waals surface area (Å²) in [7, 11) is 1.45. The van der Waals surface area contributed by atoms with Crippen LogP contribution in [0.3, 0.4) is 0 Å². The molecule has 4 heterocycles. The molecule has 14 nitrogen and oxygen atoms in total. The maximum absolute atomic E-state index is 15.8. The Balaban J connectivity index is 1.29. The normalized spacial score (nSPS) is 23.1. The molecule has 1 spiro atoms. The van der Waals surface area contributed by atoms with E-state index in [2.05, 4.69) is 22.2 Å². The molecule has 6 aromatic rings. The molecule has 1 aromatic heterocycles. The van der Waals surface area contributed by atoms with Crippen LogP contribution in [0.2, 0.25) is 0 Å². The van der Waals surface area contributed by atoms with Crippen LogP contribution < -0.4 is 10.6 Å². The molecule has 0 bridgehead atoms. The van der Waals surface area contributed by atoms with E-state index in [-0.39, 0.29) is 36.8 Å². The summed E-state index contributed by atoms with van der Waals surface area (Å²) in [5.41, 5.74) is 8.58. The Bertz CT molecular complexity index is 2700. The van der Waals surface area contributed by atoms with Crippen LogP contribution in [-0.4, -0.2) is 75.2 Å². The first kappa shape index (κ1) is 38.2. The fourth-order valence-electron chi connectivity index (χ4n) is 9.18. The third-order valence-corrected chi connectivity index (χ3v) is 11.6. The summed E-state index contributed by atoms with van der Waals surface area (Å²) in [4.78, 5) is 61.7. The summed E-state index contributed by atoms with van der Waals surface area (Å²) in [6.45, 7) is 0.0717. The van der Waals surface area contributed by atoms with Crippen molar-refractivity contribution >= 4 is 40.6 Å². The molecule has 0 saturated carbocycles. The molecule has 6 atom stereocenters. The number of hydrogen-bond acceptors (Lipinski definition) is 11. The summed E-state index contributed by atoms with van der Waals surface area (Å²) >= 11 is 0. The Labute approximate surface area is 344 Å². The molecule has 3 aliphatic heterocycles. The molecule has 0 radical (unpaired) electrons. The minimum atomic E-state index is -2.04. The summed E-state index contributed by atoms with van der Waals surface area (Å²) in [5.74, 6) is 2.12. The molecular weight excluding hydrogens is 765 g/mol. The highest BCUT2D eigenvalue weighted by atomic mass is 16.6. The van der Waals surface area contributed by atoms with Crippen LogP contribution in [0.4, 0.5) is 10.5 Å². The van der Waals surface area contributed by atoms with Gasteiger partial charge in [-0.25, -0.2) is 14.4 Å². The minimum absolute atomic E-state index is 0.0483. The number of ether oxygens (including phenoxy) is 3. The first-order chi connectivity index (χ1) is 29.2. The average molecular weight is 803 g/mol. The van der Waals surface area contributed by atoms with Gasteiger partial charge < -0.3 is 25.1 Å². The molecule has 60 heavy (non-hydrogen) atoms. The zero-order chi connectivity index (χ0) is 41.5. The lowest BCUT2D eigenvalue weighted by Crippen LogP contribution is -2.55. The Morgan fingerprint density at radius 2 is 1.55 bits per heavy atom. The molecule has 300 valence electrons. The number of fused-ring (bicyclic) bond motifs is 4. The number of methoxy groups -OCH3 is 1. The summed E-state index contributed by atoms with van der Waals surface area (Å²) in [6, 6.07) is 33.9. The van der Waals surface area contributed by atoms with Gasteiger partial charge in [-0.05, 0) is 64.7 Å². The number of aromatic hydroxyl groups is 1. The standard InChI is InChI=1S/C46H38N6O8/c1-58-25-26-59-45(57)51-35-23-18-28(11-10-24-50-36-17-9-8-16-34(36)48-49-50)27-33(35)46(44(51)56)37(42(47)54)39-43(55)60-40(30-14-6-3-7-15-30)38(29-12-4-2-5-13-29)52(39)41(46)31-19-21-32(53)22-20-31/h2-9,12-23,27,37-41,53H,24-26H2,1H3,(H2,47,54). The first-order valence-electron chi connectivity index (χ1n) is 19.3. The number of imide groups is 1. The average Bonchev–Trinajstić information content (AvgIpc) is 3.90. The minimum Gasteiger partial charge on any atom is -0.508 e. The van der Waals surface area contributed by atoms with E-state index in [1.165, 1.54) is 19.2 Å². The van der Waals surface area contributed by atoms with Crippen molar-refractivity contribution in [1.29, 1.82) is 0 Å². The van der Waals surface area contributed by atoms with Crippen molar-refractivity contribution in [3.63, 3.8) is 0 Å². The van der Waals surface area contributed by atoms with E-state index in [0.717, 1.165) is 16.0 Å². The predicted molar refractivity (Wildman–Crippen MR) is 217 cm³/mol. The fourth-order valence-corrected chi connectivity index (χ4v) is 9.18. The van der Waals surface area contributed by atoms with Gasteiger partial charge in [0.2, 0.25) is 11.8 Å². The van der Waals surface area contributed by atoms with Crippen molar-refractivity contribution in [3.8, 4) is 17.6 Å². The molecule has 9 rings (SSSR count). The van der Waals surface area contributed by atoms with Gasteiger partial charge in [-0.3, -0.25) is 19.3 Å². The quantitative estimate of drug-likeness (QED) is 0.119. The number of morpholine rings is 1. The van der Waals surface area contributed by atoms with Gasteiger partial charge in [-0.15, -0.1) is 5.10 Å². The third kappa shape index (κ3) is 6.14. The maximum Gasteiger partial charge on any atom is 0.421 e. The number of carbonyl (C=O) groups excluding carboxylic acids is 4. The second kappa shape index (κ2) is 15.4. The second-order valence-electron chi connectivity index (χ2n) is 14.8. The third-order valence-electron chi connectivity index (χ3n) is 11.6. The molecule has 2 fully saturated rings. The van der Waals surface area contributed by atoms with Crippen molar-refractivity contribution < 1.29 is 38.5 Å². The fraction of sp³-hybridized carbons (Fsp3) is 0.217. The van der Waals surface area contributed by atoms with Crippen molar-refractivity contribution in [2.45, 2.75) is 36.2 Å². The molecule has 3 aliphatic rings. The van der Waals surface area contributed by atoms with E-state index < -0.39 is 59.4 Å². The largest absolute Gasteiger partial charge is 0.508 e. The Hall–Kier alpha value is -7.34. The maximum atomic E-state index is 15.8. The zero-order valence-corrected chi connectivity index (χ0v) is 32.3. The molecule has 3 N–H and O–H groups in total. The van der Waals surface area contributed by atoms with Gasteiger partial charge in [0.05, 0.1) is 35.8 Å². The molecule has 0 aliphatic carbocycles. The van der Waals surface area contributed by atoms with Crippen LogP contribution in [0, 0.1) is 17.8 Å². The van der Waals surface area contributed by atoms with Crippen LogP contribution >= 0.6 is 0 Å². The molecule has 6 unspecified atom stereocenters. The lowest BCUT2D eigenvalue weighted by Gasteiger charge is -2.46. The smallest absolute Gasteiger partial charge is 0.421 e. The molecule has 3 amide bonds. The summed E-state index contributed by atoms with van der Waals surface area (Å²) in [5, 5.41) is 19.0. The number of phenolic OH excluding ortho intramolecular Hbond substituents is 1. The van der Waals surface area contributed by atoms with Crippen LogP contribution in [0.15, 0.2) is 127 Å². The number of rotatable bonds is 8. The van der Waals surface area contributed by atoms with Crippen molar-refractivity contribution in [2.24, 2.45) is 11.7 Å². The number of cyclic esters (lactones) is 1. The molecular formula is C46H38N6O8. The van der Waals surface area contributed by atoms with Gasteiger partial charge in [0.25, 0.3) is 0 Å².